The number of H-pyrrole nitrogens is 1. The number of aliphatic carboxylic acids is 1. The number of carbonyl (C=O) groups is 1. The van der Waals surface area contributed by atoms with E-state index >= 15 is 0 Å². The van der Waals surface area contributed by atoms with Crippen molar-refractivity contribution in [1.29, 1.82) is 0 Å². The number of aromatic amines is 1. The predicted molar refractivity (Wildman–Crippen MR) is 104 cm³/mol. The van der Waals surface area contributed by atoms with Gasteiger partial charge in [-0.05, 0) is 55.0 Å². The molecule has 2 aromatic carbocycles. The lowest BCUT2D eigenvalue weighted by atomic mass is 10.1. The molecule has 0 atom stereocenters. The molecule has 30 heavy (non-hydrogen) atoms. The predicted octanol–water partition coefficient (Wildman–Crippen LogP) is 6.05. The quantitative estimate of drug-likeness (QED) is 0.470. The van der Waals surface area contributed by atoms with E-state index in [-0.39, 0.29) is 16.5 Å². The zero-order valence-electron chi connectivity index (χ0n) is 15.6. The van der Waals surface area contributed by atoms with Crippen LogP contribution in [-0.4, -0.2) is 22.7 Å². The Labute approximate surface area is 174 Å². The Morgan fingerprint density at radius 1 is 1.20 bits per heavy atom. The minimum atomic E-state index is -4.78. The van der Waals surface area contributed by atoms with E-state index in [2.05, 4.69) is 4.98 Å². The molecular formula is C21H17ClF3NO4. The molecule has 9 heteroatoms. The van der Waals surface area contributed by atoms with E-state index in [1.807, 2.05) is 6.20 Å². The standard InChI is InChI=1S/C21H17ClF3NO4/c22-17-8-14(29-10-19(27)28)7-16(21(23,24)25)20(17)30-13-3-4-18-15(6-13)12(9-26-18)5-11-1-2-11/h3-4,6-9,11,26H,1-2,5,10H2,(H,27,28). The van der Waals surface area contributed by atoms with Crippen LogP contribution in [0, 0.1) is 5.92 Å². The molecule has 5 nitrogen and oxygen atoms in total. The minimum Gasteiger partial charge on any atom is -0.482 e. The minimum absolute atomic E-state index is 0.214. The van der Waals surface area contributed by atoms with Crippen molar-refractivity contribution in [3.05, 3.63) is 52.7 Å². The van der Waals surface area contributed by atoms with Crippen LogP contribution in [0.15, 0.2) is 36.5 Å². The average molecular weight is 440 g/mol. The zero-order valence-corrected chi connectivity index (χ0v) is 16.3. The van der Waals surface area contributed by atoms with E-state index < -0.39 is 30.1 Å². The van der Waals surface area contributed by atoms with Crippen LogP contribution < -0.4 is 9.47 Å². The molecule has 1 heterocycles. The highest BCUT2D eigenvalue weighted by Gasteiger charge is 2.37. The maximum absolute atomic E-state index is 13.6. The number of carboxylic acid groups (broad SMARTS) is 1. The average Bonchev–Trinajstić information content (AvgIpc) is 3.40. The number of fused-ring (bicyclic) bond motifs is 1. The Kier molecular flexibility index (Phi) is 5.27. The van der Waals surface area contributed by atoms with Gasteiger partial charge in [0, 0.05) is 23.2 Å². The first-order valence-corrected chi connectivity index (χ1v) is 9.61. The van der Waals surface area contributed by atoms with Crippen LogP contribution >= 0.6 is 11.6 Å². The topological polar surface area (TPSA) is 71.6 Å². The maximum Gasteiger partial charge on any atom is 0.420 e. The summed E-state index contributed by atoms with van der Waals surface area (Å²) in [5.74, 6) is -1.33. The Morgan fingerprint density at radius 3 is 2.63 bits per heavy atom. The molecule has 0 radical (unpaired) electrons. The van der Waals surface area contributed by atoms with Gasteiger partial charge in [-0.15, -0.1) is 0 Å². The smallest absolute Gasteiger partial charge is 0.420 e. The Morgan fingerprint density at radius 2 is 1.97 bits per heavy atom. The van der Waals surface area contributed by atoms with Gasteiger partial charge in [-0.3, -0.25) is 0 Å². The van der Waals surface area contributed by atoms with Gasteiger partial charge >= 0.3 is 12.1 Å². The number of rotatable bonds is 7. The molecule has 2 N–H and O–H groups in total. The number of hydrogen-bond donors (Lipinski definition) is 2. The summed E-state index contributed by atoms with van der Waals surface area (Å²) in [6, 6.07) is 6.77. The van der Waals surface area contributed by atoms with Gasteiger partial charge in [0.15, 0.2) is 12.4 Å². The third kappa shape index (κ3) is 4.48. The number of alkyl halides is 3. The fourth-order valence-corrected chi connectivity index (χ4v) is 3.50. The van der Waals surface area contributed by atoms with Crippen LogP contribution in [0.1, 0.15) is 24.0 Å². The van der Waals surface area contributed by atoms with Gasteiger partial charge < -0.3 is 19.6 Å². The van der Waals surface area contributed by atoms with Crippen LogP contribution in [0.3, 0.4) is 0 Å². The normalized spacial score (nSPS) is 14.1. The van der Waals surface area contributed by atoms with Crippen molar-refractivity contribution in [1.82, 2.24) is 4.98 Å². The molecule has 0 saturated heterocycles. The SMILES string of the molecule is O=C(O)COc1cc(Cl)c(Oc2ccc3[nH]cc(CC4CC4)c3c2)c(C(F)(F)F)c1. The van der Waals surface area contributed by atoms with Crippen molar-refractivity contribution < 1.29 is 32.5 Å². The maximum atomic E-state index is 13.6. The lowest BCUT2D eigenvalue weighted by Crippen LogP contribution is -2.12. The van der Waals surface area contributed by atoms with Crippen LogP contribution in [0.5, 0.6) is 17.2 Å². The van der Waals surface area contributed by atoms with Crippen molar-refractivity contribution in [2.24, 2.45) is 5.92 Å². The van der Waals surface area contributed by atoms with E-state index in [1.54, 1.807) is 18.2 Å². The number of nitrogens with one attached hydrogen (secondary N) is 1. The summed E-state index contributed by atoms with van der Waals surface area (Å²) in [4.78, 5) is 13.8. The van der Waals surface area contributed by atoms with Gasteiger partial charge in [-0.2, -0.15) is 13.2 Å². The number of halogens is 4. The van der Waals surface area contributed by atoms with Crippen molar-refractivity contribution in [2.45, 2.75) is 25.4 Å². The molecule has 0 spiro atoms. The van der Waals surface area contributed by atoms with Crippen molar-refractivity contribution in [3.8, 4) is 17.2 Å². The Balaban J connectivity index is 1.68. The first-order valence-electron chi connectivity index (χ1n) is 9.24. The molecule has 1 saturated carbocycles. The third-order valence-corrected chi connectivity index (χ3v) is 5.13. The molecule has 0 bridgehead atoms. The van der Waals surface area contributed by atoms with Crippen molar-refractivity contribution in [3.63, 3.8) is 0 Å². The Hall–Kier alpha value is -2.87. The molecule has 0 amide bonds. The first-order chi connectivity index (χ1) is 14.2. The van der Waals surface area contributed by atoms with Gasteiger partial charge in [0.25, 0.3) is 0 Å². The fraction of sp³-hybridized carbons (Fsp3) is 0.286. The monoisotopic (exact) mass is 439 g/mol. The number of ether oxygens (including phenoxy) is 2. The number of benzene rings is 2. The molecule has 1 fully saturated rings. The summed E-state index contributed by atoms with van der Waals surface area (Å²) in [7, 11) is 0. The highest BCUT2D eigenvalue weighted by molar-refractivity contribution is 6.32. The summed E-state index contributed by atoms with van der Waals surface area (Å²) < 4.78 is 51.3. The van der Waals surface area contributed by atoms with Gasteiger partial charge in [0.05, 0.1) is 5.02 Å². The third-order valence-electron chi connectivity index (χ3n) is 4.85. The summed E-state index contributed by atoms with van der Waals surface area (Å²) in [5.41, 5.74) is 0.817. The largest absolute Gasteiger partial charge is 0.482 e. The molecule has 158 valence electrons. The second-order valence-corrected chi connectivity index (χ2v) is 7.64. The molecule has 3 aromatic rings. The summed E-state index contributed by atoms with van der Waals surface area (Å²) in [6.45, 7) is -0.790. The molecule has 1 aliphatic carbocycles. The highest BCUT2D eigenvalue weighted by Crippen LogP contribution is 2.45. The highest BCUT2D eigenvalue weighted by atomic mass is 35.5. The van der Waals surface area contributed by atoms with Crippen LogP contribution in [0.4, 0.5) is 13.2 Å². The molecular weight excluding hydrogens is 423 g/mol. The van der Waals surface area contributed by atoms with Gasteiger partial charge in [-0.1, -0.05) is 11.6 Å². The van der Waals surface area contributed by atoms with E-state index in [0.717, 1.165) is 29.0 Å². The molecule has 1 aliphatic rings. The fourth-order valence-electron chi connectivity index (χ4n) is 3.25. The number of aromatic nitrogens is 1. The van der Waals surface area contributed by atoms with E-state index in [4.69, 9.17) is 26.2 Å². The molecule has 1 aromatic heterocycles. The summed E-state index contributed by atoms with van der Waals surface area (Å²) >= 11 is 6.05. The molecule has 0 unspecified atom stereocenters. The second-order valence-electron chi connectivity index (χ2n) is 7.23. The van der Waals surface area contributed by atoms with E-state index in [9.17, 15) is 18.0 Å². The van der Waals surface area contributed by atoms with E-state index in [0.29, 0.717) is 12.0 Å². The molecule has 0 aliphatic heterocycles. The lowest BCUT2D eigenvalue weighted by Gasteiger charge is -2.17. The second kappa shape index (κ2) is 7.75. The van der Waals surface area contributed by atoms with Gasteiger partial charge in [0.1, 0.15) is 17.1 Å². The number of hydrogen-bond acceptors (Lipinski definition) is 3. The van der Waals surface area contributed by atoms with Crippen LogP contribution in [0.25, 0.3) is 10.9 Å². The first kappa shape index (κ1) is 20.4. The van der Waals surface area contributed by atoms with Crippen molar-refractivity contribution in [2.75, 3.05) is 6.61 Å². The van der Waals surface area contributed by atoms with E-state index in [1.165, 1.54) is 12.8 Å². The zero-order chi connectivity index (χ0) is 21.5. The number of carboxylic acids is 1. The molecule has 4 rings (SSSR count). The van der Waals surface area contributed by atoms with Crippen LogP contribution in [-0.2, 0) is 17.4 Å². The summed E-state index contributed by atoms with van der Waals surface area (Å²) in [5, 5.41) is 9.22. The van der Waals surface area contributed by atoms with Crippen LogP contribution in [0.2, 0.25) is 5.02 Å². The van der Waals surface area contributed by atoms with Crippen molar-refractivity contribution >= 4 is 28.5 Å². The Bertz CT molecular complexity index is 1110. The van der Waals surface area contributed by atoms with Gasteiger partial charge in [0.2, 0.25) is 0 Å². The van der Waals surface area contributed by atoms with Gasteiger partial charge in [-0.25, -0.2) is 4.79 Å². The summed E-state index contributed by atoms with van der Waals surface area (Å²) in [6.07, 6.45) is 0.410. The lowest BCUT2D eigenvalue weighted by molar-refractivity contribution is -0.139.